The minimum absolute atomic E-state index is 0.799. The largest absolute Gasteiger partial charge is 0.488 e. The molecule has 0 fully saturated rings. The van der Waals surface area contributed by atoms with E-state index in [0.29, 0.717) is 0 Å². The van der Waals surface area contributed by atoms with E-state index in [4.69, 9.17) is 9.47 Å². The van der Waals surface area contributed by atoms with Crippen molar-refractivity contribution in [3.05, 3.63) is 16.9 Å². The average Bonchev–Trinajstić information content (AvgIpc) is 3.23. The van der Waals surface area contributed by atoms with Gasteiger partial charge in [0, 0.05) is 5.41 Å². The van der Waals surface area contributed by atoms with Crippen molar-refractivity contribution in [2.75, 3.05) is 13.2 Å². The third-order valence-corrected chi connectivity index (χ3v) is 6.77. The van der Waals surface area contributed by atoms with Crippen molar-refractivity contribution in [1.82, 2.24) is 0 Å². The van der Waals surface area contributed by atoms with Crippen LogP contribution < -0.4 is 0 Å². The summed E-state index contributed by atoms with van der Waals surface area (Å²) in [6.45, 7) is 6.17. The zero-order valence-electron chi connectivity index (χ0n) is 20.9. The summed E-state index contributed by atoms with van der Waals surface area (Å²) in [5.41, 5.74) is 0. The van der Waals surface area contributed by atoms with Gasteiger partial charge in [-0.05, 0) is 17.9 Å². The molecule has 0 unspecified atom stereocenters. The van der Waals surface area contributed by atoms with Gasteiger partial charge in [-0.3, -0.25) is 0 Å². The molecule has 1 rings (SSSR count). The predicted octanol–water partition coefficient (Wildman–Crippen LogP) is 9.47. The van der Waals surface area contributed by atoms with E-state index in [9.17, 15) is 0 Å². The van der Waals surface area contributed by atoms with Gasteiger partial charge in [-0.25, -0.2) is 0 Å². The van der Waals surface area contributed by atoms with E-state index in [1.165, 1.54) is 116 Å². The molecule has 0 spiro atoms. The second-order valence-electron chi connectivity index (χ2n) is 9.12. The Morgan fingerprint density at radius 1 is 0.548 bits per heavy atom. The number of hydrogen-bond donors (Lipinski definition) is 1. The zero-order chi connectivity index (χ0) is 22.2. The number of ether oxygens (including phenoxy) is 2. The second kappa shape index (κ2) is 22.5. The minimum Gasteiger partial charge on any atom is -0.488 e. The van der Waals surface area contributed by atoms with Gasteiger partial charge in [-0.15, -0.1) is 11.4 Å². The first-order chi connectivity index (χ1) is 15.4. The molecular weight excluding hydrogens is 400 g/mol. The number of unbranched alkanes of at least 4 members (excludes halogenated alkanes) is 18. The van der Waals surface area contributed by atoms with E-state index < -0.39 is 0 Å². The van der Waals surface area contributed by atoms with Crippen LogP contribution in [0, 0.1) is 0 Å². The van der Waals surface area contributed by atoms with E-state index in [2.05, 4.69) is 24.3 Å². The molecule has 0 N–H and O–H groups in total. The molecule has 0 amide bonds. The Morgan fingerprint density at radius 3 is 1.39 bits per heavy atom. The quantitative estimate of drug-likeness (QED) is 0.0892. The van der Waals surface area contributed by atoms with Crippen LogP contribution in [0.3, 0.4) is 0 Å². The Hall–Kier alpha value is -0.660. The molecule has 3 heteroatoms. The summed E-state index contributed by atoms with van der Waals surface area (Å²) in [6.07, 6.45) is 27.1. The number of thiol groups is 1. The molecule has 0 aromatic heterocycles. The maximum absolute atomic E-state index is 5.97. The molecule has 0 aliphatic carbocycles. The van der Waals surface area contributed by atoms with Gasteiger partial charge < -0.3 is 9.47 Å². The molecule has 1 heterocycles. The highest BCUT2D eigenvalue weighted by molar-refractivity contribution is 8.00. The third kappa shape index (κ3) is 17.6. The Bertz CT molecular complexity index is 491. The molecule has 2 nitrogen and oxygen atoms in total. The fourth-order valence-electron chi connectivity index (χ4n) is 4.00. The van der Waals surface area contributed by atoms with Crippen LogP contribution in [-0.4, -0.2) is 18.2 Å². The Balaban J connectivity index is 1.88. The minimum atomic E-state index is 0.799. The summed E-state index contributed by atoms with van der Waals surface area (Å²) < 4.78 is 11.9. The molecule has 0 radical (unpaired) electrons. The van der Waals surface area contributed by atoms with Crippen molar-refractivity contribution in [3.63, 3.8) is 0 Å². The fraction of sp³-hybridized carbons (Fsp3) is 0.857. The average molecular weight is 453 g/mol. The number of hydrogen-bond acceptors (Lipinski definition) is 2. The van der Waals surface area contributed by atoms with Crippen LogP contribution in [0.15, 0.2) is 16.9 Å². The number of rotatable bonds is 24. The normalized spacial score (nSPS) is 13.1. The third-order valence-electron chi connectivity index (χ3n) is 6.07. The highest BCUT2D eigenvalue weighted by Gasteiger charge is 2.10. The van der Waals surface area contributed by atoms with Gasteiger partial charge in [-0.2, -0.15) is 0 Å². The van der Waals surface area contributed by atoms with Crippen molar-refractivity contribution < 1.29 is 9.47 Å². The lowest BCUT2D eigenvalue weighted by molar-refractivity contribution is 0.150. The zero-order valence-corrected chi connectivity index (χ0v) is 21.8. The summed E-state index contributed by atoms with van der Waals surface area (Å²) in [5.74, 6) is 1.77. The maximum Gasteiger partial charge on any atom is 0.211 e. The standard InChI is InChI=1S/C28H52O2S/c1-3-5-7-9-11-13-15-17-19-21-23-29-27-25-31-26-28(27)30-24-22-20-18-16-14-12-10-8-6-4-2/h25,31H,3-24H2,1-2H3. The topological polar surface area (TPSA) is 18.5 Å². The van der Waals surface area contributed by atoms with Gasteiger partial charge in [0.25, 0.3) is 0 Å². The Kier molecular flexibility index (Phi) is 20.6. The first kappa shape index (κ1) is 28.4. The van der Waals surface area contributed by atoms with Gasteiger partial charge >= 0.3 is 0 Å². The van der Waals surface area contributed by atoms with Gasteiger partial charge in [0.2, 0.25) is 5.76 Å². The van der Waals surface area contributed by atoms with E-state index in [1.54, 1.807) is 0 Å². The van der Waals surface area contributed by atoms with E-state index in [0.717, 1.165) is 48.9 Å². The van der Waals surface area contributed by atoms with Gasteiger partial charge in [0.05, 0.1) is 13.2 Å². The molecule has 1 aliphatic rings. The van der Waals surface area contributed by atoms with Crippen LogP contribution in [0.1, 0.15) is 142 Å². The lowest BCUT2D eigenvalue weighted by atomic mass is 10.1. The van der Waals surface area contributed by atoms with E-state index >= 15 is 0 Å². The van der Waals surface area contributed by atoms with Crippen molar-refractivity contribution >= 4 is 16.4 Å². The lowest BCUT2D eigenvalue weighted by Gasteiger charge is -2.11. The monoisotopic (exact) mass is 452 g/mol. The molecule has 0 saturated carbocycles. The molecule has 0 saturated heterocycles. The summed E-state index contributed by atoms with van der Waals surface area (Å²) in [7, 11) is 0. The van der Waals surface area contributed by atoms with Crippen LogP contribution in [0.2, 0.25) is 0 Å². The lowest BCUT2D eigenvalue weighted by Crippen LogP contribution is -2.02. The molecule has 0 atom stereocenters. The van der Waals surface area contributed by atoms with Crippen molar-refractivity contribution in [2.45, 2.75) is 142 Å². The van der Waals surface area contributed by atoms with Crippen LogP contribution in [0.4, 0.5) is 0 Å². The summed E-state index contributed by atoms with van der Waals surface area (Å²) in [6, 6.07) is 0. The highest BCUT2D eigenvalue weighted by Crippen LogP contribution is 2.20. The smallest absolute Gasteiger partial charge is 0.211 e. The van der Waals surface area contributed by atoms with Crippen LogP contribution >= 0.6 is 11.4 Å². The van der Waals surface area contributed by atoms with E-state index in [1.807, 2.05) is 0 Å². The maximum atomic E-state index is 5.97. The van der Waals surface area contributed by atoms with Crippen LogP contribution in [0.25, 0.3) is 0 Å². The summed E-state index contributed by atoms with van der Waals surface area (Å²) in [5, 5.41) is 5.37. The summed E-state index contributed by atoms with van der Waals surface area (Å²) in [4.78, 5) is 0. The Labute approximate surface area is 198 Å². The van der Waals surface area contributed by atoms with E-state index in [-0.39, 0.29) is 0 Å². The molecular formula is C28H52O2S. The van der Waals surface area contributed by atoms with Gasteiger partial charge in [-0.1, -0.05) is 129 Å². The molecule has 0 bridgehead atoms. The summed E-state index contributed by atoms with van der Waals surface area (Å²) >= 11 is 1.08. The molecule has 182 valence electrons. The van der Waals surface area contributed by atoms with Gasteiger partial charge in [0.15, 0.2) is 5.76 Å². The van der Waals surface area contributed by atoms with Gasteiger partial charge in [0.1, 0.15) is 0 Å². The molecule has 0 aromatic carbocycles. The molecule has 31 heavy (non-hydrogen) atoms. The molecule has 0 aromatic rings. The SMILES string of the molecule is CCCCCCCCCCCCOC1=C=[SH]C=C1OCCCCCCCCCCCC. The Morgan fingerprint density at radius 2 is 0.935 bits per heavy atom. The van der Waals surface area contributed by atoms with Crippen molar-refractivity contribution in [2.24, 2.45) is 0 Å². The van der Waals surface area contributed by atoms with Crippen LogP contribution in [-0.2, 0) is 9.47 Å². The first-order valence-electron chi connectivity index (χ1n) is 13.7. The predicted molar refractivity (Wildman–Crippen MR) is 141 cm³/mol. The second-order valence-corrected chi connectivity index (χ2v) is 9.86. The first-order valence-corrected chi connectivity index (χ1v) is 14.6. The molecule has 1 aliphatic heterocycles. The van der Waals surface area contributed by atoms with Crippen molar-refractivity contribution in [3.8, 4) is 0 Å². The highest BCUT2D eigenvalue weighted by atomic mass is 32.1. The van der Waals surface area contributed by atoms with Crippen LogP contribution in [0.5, 0.6) is 0 Å². The fourth-order valence-corrected chi connectivity index (χ4v) is 4.67. The van der Waals surface area contributed by atoms with Crippen molar-refractivity contribution in [1.29, 1.82) is 0 Å².